The Hall–Kier alpha value is -0.130. The minimum absolute atomic E-state index is 0.447. The molecule has 0 aromatic rings. The van der Waals surface area contributed by atoms with Gasteiger partial charge in [-0.05, 0) is 37.1 Å². The Morgan fingerprint density at radius 3 is 2.35 bits per heavy atom. The zero-order chi connectivity index (χ0) is 13.1. The number of nitrogens with one attached hydrogen (secondary N) is 2. The Morgan fingerprint density at radius 1 is 1.24 bits per heavy atom. The standard InChI is InChI=1S/C12H26N2O2S/c1-10-8-12(2,3)9-11(10)13-6-5-7-14-17(4,15)16/h10-11,13-14H,5-9H2,1-4H3. The first-order valence-electron chi connectivity index (χ1n) is 6.38. The van der Waals surface area contributed by atoms with Gasteiger partial charge in [0, 0.05) is 12.6 Å². The van der Waals surface area contributed by atoms with Gasteiger partial charge in [-0.2, -0.15) is 0 Å². The molecule has 5 heteroatoms. The summed E-state index contributed by atoms with van der Waals surface area (Å²) in [6.45, 7) is 8.33. The summed E-state index contributed by atoms with van der Waals surface area (Å²) < 4.78 is 24.2. The van der Waals surface area contributed by atoms with Crippen LogP contribution in [0, 0.1) is 11.3 Å². The fourth-order valence-corrected chi connectivity index (χ4v) is 3.32. The van der Waals surface area contributed by atoms with Crippen LogP contribution in [0.1, 0.15) is 40.0 Å². The van der Waals surface area contributed by atoms with E-state index in [1.54, 1.807) is 0 Å². The average Bonchev–Trinajstić information content (AvgIpc) is 2.37. The van der Waals surface area contributed by atoms with Crippen LogP contribution in [0.5, 0.6) is 0 Å². The van der Waals surface area contributed by atoms with Gasteiger partial charge >= 0.3 is 0 Å². The maximum absolute atomic E-state index is 10.9. The van der Waals surface area contributed by atoms with E-state index in [9.17, 15) is 8.42 Å². The monoisotopic (exact) mass is 262 g/mol. The fourth-order valence-electron chi connectivity index (χ4n) is 2.80. The lowest BCUT2D eigenvalue weighted by Crippen LogP contribution is -2.34. The Bertz CT molecular complexity index is 338. The predicted molar refractivity (Wildman–Crippen MR) is 71.4 cm³/mol. The van der Waals surface area contributed by atoms with Gasteiger partial charge in [-0.1, -0.05) is 20.8 Å². The van der Waals surface area contributed by atoms with E-state index < -0.39 is 10.0 Å². The molecule has 1 saturated carbocycles. The maximum atomic E-state index is 10.9. The lowest BCUT2D eigenvalue weighted by molar-refractivity contribution is 0.362. The molecule has 0 aromatic carbocycles. The van der Waals surface area contributed by atoms with Crippen molar-refractivity contribution < 1.29 is 8.42 Å². The topological polar surface area (TPSA) is 58.2 Å². The molecule has 0 heterocycles. The first-order valence-corrected chi connectivity index (χ1v) is 8.27. The normalized spacial score (nSPS) is 28.5. The van der Waals surface area contributed by atoms with E-state index in [4.69, 9.17) is 0 Å². The summed E-state index contributed by atoms with van der Waals surface area (Å²) in [5.41, 5.74) is 0.447. The molecule has 0 spiro atoms. The number of hydrogen-bond donors (Lipinski definition) is 2. The van der Waals surface area contributed by atoms with Gasteiger partial charge in [0.05, 0.1) is 6.26 Å². The molecule has 0 aromatic heterocycles. The fraction of sp³-hybridized carbons (Fsp3) is 1.00. The van der Waals surface area contributed by atoms with Crippen molar-refractivity contribution in [3.8, 4) is 0 Å². The molecule has 0 bridgehead atoms. The van der Waals surface area contributed by atoms with E-state index in [0.29, 0.717) is 23.9 Å². The maximum Gasteiger partial charge on any atom is 0.208 e. The van der Waals surface area contributed by atoms with E-state index in [0.717, 1.165) is 13.0 Å². The average molecular weight is 262 g/mol. The predicted octanol–water partition coefficient (Wildman–Crippen LogP) is 1.34. The molecule has 0 aliphatic heterocycles. The molecule has 2 N–H and O–H groups in total. The summed E-state index contributed by atoms with van der Waals surface area (Å²) >= 11 is 0. The van der Waals surface area contributed by atoms with E-state index >= 15 is 0 Å². The van der Waals surface area contributed by atoms with Crippen LogP contribution in [0.15, 0.2) is 0 Å². The minimum atomic E-state index is -3.03. The highest BCUT2D eigenvalue weighted by Gasteiger charge is 2.35. The third-order valence-corrected chi connectivity index (χ3v) is 4.19. The molecule has 0 saturated heterocycles. The van der Waals surface area contributed by atoms with Gasteiger partial charge in [0.2, 0.25) is 10.0 Å². The summed E-state index contributed by atoms with van der Waals surface area (Å²) in [7, 11) is -3.03. The summed E-state index contributed by atoms with van der Waals surface area (Å²) in [4.78, 5) is 0. The van der Waals surface area contributed by atoms with Crippen molar-refractivity contribution in [2.75, 3.05) is 19.3 Å². The number of rotatable bonds is 6. The number of sulfonamides is 1. The highest BCUT2D eigenvalue weighted by Crippen LogP contribution is 2.40. The lowest BCUT2D eigenvalue weighted by atomic mass is 9.91. The van der Waals surface area contributed by atoms with Crippen LogP contribution in [-0.4, -0.2) is 33.8 Å². The summed E-state index contributed by atoms with van der Waals surface area (Å²) in [6, 6.07) is 0.586. The second-order valence-electron chi connectivity index (χ2n) is 6.13. The molecular weight excluding hydrogens is 236 g/mol. The molecule has 1 aliphatic rings. The van der Waals surface area contributed by atoms with Crippen LogP contribution in [0.25, 0.3) is 0 Å². The second-order valence-corrected chi connectivity index (χ2v) is 7.96. The van der Waals surface area contributed by atoms with Gasteiger partial charge in [0.1, 0.15) is 0 Å². The first-order chi connectivity index (χ1) is 7.70. The molecule has 4 nitrogen and oxygen atoms in total. The van der Waals surface area contributed by atoms with Crippen molar-refractivity contribution in [1.29, 1.82) is 0 Å². The Balaban J connectivity index is 2.16. The van der Waals surface area contributed by atoms with Gasteiger partial charge in [-0.3, -0.25) is 0 Å². The third-order valence-electron chi connectivity index (χ3n) is 3.46. The van der Waals surface area contributed by atoms with Crippen molar-refractivity contribution in [3.05, 3.63) is 0 Å². The van der Waals surface area contributed by atoms with Crippen molar-refractivity contribution in [2.45, 2.75) is 46.1 Å². The largest absolute Gasteiger partial charge is 0.314 e. The van der Waals surface area contributed by atoms with Crippen LogP contribution in [0.2, 0.25) is 0 Å². The van der Waals surface area contributed by atoms with Crippen LogP contribution >= 0.6 is 0 Å². The van der Waals surface area contributed by atoms with E-state index in [1.807, 2.05) is 0 Å². The summed E-state index contributed by atoms with van der Waals surface area (Å²) in [5, 5.41) is 3.54. The molecule has 17 heavy (non-hydrogen) atoms. The molecule has 2 unspecified atom stereocenters. The molecule has 2 atom stereocenters. The van der Waals surface area contributed by atoms with Crippen LogP contribution < -0.4 is 10.0 Å². The first kappa shape index (κ1) is 14.9. The Labute approximate surface area is 106 Å². The van der Waals surface area contributed by atoms with Crippen molar-refractivity contribution in [3.63, 3.8) is 0 Å². The molecule has 1 aliphatic carbocycles. The van der Waals surface area contributed by atoms with Gasteiger partial charge in [0.15, 0.2) is 0 Å². The lowest BCUT2D eigenvalue weighted by Gasteiger charge is -2.18. The summed E-state index contributed by atoms with van der Waals surface area (Å²) in [6.07, 6.45) is 4.53. The SMILES string of the molecule is CC1CC(C)(C)CC1NCCCNS(C)(=O)=O. The van der Waals surface area contributed by atoms with Crippen LogP contribution in [0.4, 0.5) is 0 Å². The molecule has 102 valence electrons. The zero-order valence-corrected chi connectivity index (χ0v) is 12.2. The van der Waals surface area contributed by atoms with E-state index in [2.05, 4.69) is 30.8 Å². The molecule has 0 radical (unpaired) electrons. The van der Waals surface area contributed by atoms with E-state index in [1.165, 1.54) is 19.1 Å². The Morgan fingerprint density at radius 2 is 1.88 bits per heavy atom. The molecular formula is C12H26N2O2S. The van der Waals surface area contributed by atoms with Crippen LogP contribution in [-0.2, 0) is 10.0 Å². The highest BCUT2D eigenvalue weighted by atomic mass is 32.2. The highest BCUT2D eigenvalue weighted by molar-refractivity contribution is 7.88. The zero-order valence-electron chi connectivity index (χ0n) is 11.4. The van der Waals surface area contributed by atoms with Gasteiger partial charge in [-0.15, -0.1) is 0 Å². The minimum Gasteiger partial charge on any atom is -0.314 e. The molecule has 1 rings (SSSR count). The van der Waals surface area contributed by atoms with E-state index in [-0.39, 0.29) is 0 Å². The van der Waals surface area contributed by atoms with Gasteiger partial charge in [-0.25, -0.2) is 13.1 Å². The smallest absolute Gasteiger partial charge is 0.208 e. The van der Waals surface area contributed by atoms with Crippen molar-refractivity contribution in [2.24, 2.45) is 11.3 Å². The quantitative estimate of drug-likeness (QED) is 0.710. The van der Waals surface area contributed by atoms with Crippen molar-refractivity contribution in [1.82, 2.24) is 10.0 Å². The summed E-state index contributed by atoms with van der Waals surface area (Å²) in [5.74, 6) is 0.716. The van der Waals surface area contributed by atoms with Gasteiger partial charge < -0.3 is 5.32 Å². The van der Waals surface area contributed by atoms with Gasteiger partial charge in [0.25, 0.3) is 0 Å². The van der Waals surface area contributed by atoms with Crippen LogP contribution in [0.3, 0.4) is 0 Å². The molecule has 1 fully saturated rings. The Kier molecular flexibility index (Phi) is 4.98. The second kappa shape index (κ2) is 5.67. The molecule has 0 amide bonds. The number of hydrogen-bond acceptors (Lipinski definition) is 3. The third kappa shape index (κ3) is 5.84. The van der Waals surface area contributed by atoms with Crippen molar-refractivity contribution >= 4 is 10.0 Å².